The Labute approximate surface area is 133 Å². The Hall–Kier alpha value is -2.14. The fraction of sp³-hybridized carbons (Fsp3) is 0.312. The van der Waals surface area contributed by atoms with Crippen molar-refractivity contribution in [2.45, 2.75) is 12.8 Å². The predicted molar refractivity (Wildman–Crippen MR) is 84.9 cm³/mol. The normalized spacial score (nSPS) is 14.3. The van der Waals surface area contributed by atoms with Gasteiger partial charge < -0.3 is 10.2 Å². The third kappa shape index (κ3) is 3.04. The lowest BCUT2D eigenvalue weighted by Crippen LogP contribution is -2.38. The van der Waals surface area contributed by atoms with E-state index in [0.29, 0.717) is 16.1 Å². The molecule has 1 N–H and O–H groups in total. The minimum atomic E-state index is -0.334. The summed E-state index contributed by atoms with van der Waals surface area (Å²) in [6.07, 6.45) is 3.69. The number of nitrogens with zero attached hydrogens (tertiary/aromatic N) is 2. The van der Waals surface area contributed by atoms with Gasteiger partial charge in [-0.15, -0.1) is 0 Å². The molecule has 3 rings (SSSR count). The molecule has 6 heteroatoms. The van der Waals surface area contributed by atoms with Gasteiger partial charge in [0.25, 0.3) is 5.91 Å². The smallest absolute Gasteiger partial charge is 0.253 e. The summed E-state index contributed by atoms with van der Waals surface area (Å²) in [5.74, 6) is -0.385. The van der Waals surface area contributed by atoms with E-state index in [4.69, 9.17) is 11.6 Å². The number of hydrogen-bond donors (Lipinski definition) is 1. The van der Waals surface area contributed by atoms with Crippen molar-refractivity contribution in [2.75, 3.05) is 19.6 Å². The summed E-state index contributed by atoms with van der Waals surface area (Å²) in [5, 5.41) is 3.93. The SMILES string of the molecule is O=C(NCC(=O)N1CCCC1)c1cc(Cl)cc2cccnc12. The number of fused-ring (bicyclic) bond motifs is 1. The van der Waals surface area contributed by atoms with E-state index in [1.165, 1.54) is 0 Å². The van der Waals surface area contributed by atoms with Gasteiger partial charge in [0.2, 0.25) is 5.91 Å². The maximum absolute atomic E-state index is 12.3. The van der Waals surface area contributed by atoms with Crippen molar-refractivity contribution in [1.29, 1.82) is 0 Å². The lowest BCUT2D eigenvalue weighted by molar-refractivity contribution is -0.129. The molecule has 5 nitrogen and oxygen atoms in total. The van der Waals surface area contributed by atoms with Crippen LogP contribution in [0.15, 0.2) is 30.5 Å². The molecule has 1 fully saturated rings. The van der Waals surface area contributed by atoms with Crippen LogP contribution in [0.5, 0.6) is 0 Å². The highest BCUT2D eigenvalue weighted by Crippen LogP contribution is 2.22. The standard InChI is InChI=1S/C16H16ClN3O2/c17-12-8-11-4-3-5-18-15(11)13(9-12)16(22)19-10-14(21)20-6-1-2-7-20/h3-5,8-9H,1-2,6-7,10H2,(H,19,22). The Morgan fingerprint density at radius 1 is 1.27 bits per heavy atom. The largest absolute Gasteiger partial charge is 0.343 e. The van der Waals surface area contributed by atoms with E-state index in [1.807, 2.05) is 6.07 Å². The average molecular weight is 318 g/mol. The van der Waals surface area contributed by atoms with E-state index in [2.05, 4.69) is 10.3 Å². The number of benzene rings is 1. The van der Waals surface area contributed by atoms with Crippen LogP contribution in [0.4, 0.5) is 0 Å². The minimum Gasteiger partial charge on any atom is -0.343 e. The number of nitrogens with one attached hydrogen (secondary N) is 1. The Morgan fingerprint density at radius 3 is 2.82 bits per heavy atom. The second kappa shape index (κ2) is 6.32. The van der Waals surface area contributed by atoms with Crippen molar-refractivity contribution in [3.05, 3.63) is 41.0 Å². The fourth-order valence-electron chi connectivity index (χ4n) is 2.66. The molecule has 0 unspecified atom stereocenters. The van der Waals surface area contributed by atoms with Gasteiger partial charge in [-0.25, -0.2) is 0 Å². The maximum Gasteiger partial charge on any atom is 0.253 e. The number of hydrogen-bond acceptors (Lipinski definition) is 3. The van der Waals surface area contributed by atoms with Crippen LogP contribution in [-0.4, -0.2) is 41.3 Å². The first-order chi connectivity index (χ1) is 10.6. The van der Waals surface area contributed by atoms with Crippen LogP contribution < -0.4 is 5.32 Å². The van der Waals surface area contributed by atoms with Crippen molar-refractivity contribution < 1.29 is 9.59 Å². The number of aromatic nitrogens is 1. The van der Waals surface area contributed by atoms with Crippen molar-refractivity contribution in [3.8, 4) is 0 Å². The molecule has 0 aliphatic carbocycles. The quantitative estimate of drug-likeness (QED) is 0.944. The van der Waals surface area contributed by atoms with Crippen molar-refractivity contribution >= 4 is 34.3 Å². The number of pyridine rings is 1. The Kier molecular flexibility index (Phi) is 4.24. The molecule has 1 aliphatic heterocycles. The maximum atomic E-state index is 12.3. The van der Waals surface area contributed by atoms with Crippen LogP contribution in [0.3, 0.4) is 0 Å². The summed E-state index contributed by atoms with van der Waals surface area (Å²) >= 11 is 6.05. The van der Waals surface area contributed by atoms with Crippen LogP contribution in [0, 0.1) is 0 Å². The number of rotatable bonds is 3. The summed E-state index contributed by atoms with van der Waals surface area (Å²) in [5.41, 5.74) is 0.968. The molecule has 2 amide bonds. The van der Waals surface area contributed by atoms with E-state index >= 15 is 0 Å². The van der Waals surface area contributed by atoms with Gasteiger partial charge >= 0.3 is 0 Å². The first-order valence-electron chi connectivity index (χ1n) is 7.25. The lowest BCUT2D eigenvalue weighted by atomic mass is 10.1. The van der Waals surface area contributed by atoms with Gasteiger partial charge in [0, 0.05) is 29.7 Å². The van der Waals surface area contributed by atoms with Crippen molar-refractivity contribution in [1.82, 2.24) is 15.2 Å². The molecular formula is C16H16ClN3O2. The van der Waals surface area contributed by atoms with E-state index in [-0.39, 0.29) is 18.4 Å². The molecule has 1 aliphatic rings. The molecule has 1 saturated heterocycles. The van der Waals surface area contributed by atoms with Crippen LogP contribution >= 0.6 is 11.6 Å². The highest BCUT2D eigenvalue weighted by molar-refractivity contribution is 6.32. The third-order valence-corrected chi connectivity index (χ3v) is 3.99. The Morgan fingerprint density at radius 2 is 2.05 bits per heavy atom. The molecule has 2 heterocycles. The highest BCUT2D eigenvalue weighted by atomic mass is 35.5. The van der Waals surface area contributed by atoms with Gasteiger partial charge in [0.15, 0.2) is 0 Å². The molecule has 1 aromatic carbocycles. The highest BCUT2D eigenvalue weighted by Gasteiger charge is 2.19. The van der Waals surface area contributed by atoms with Crippen LogP contribution in [0.2, 0.25) is 5.02 Å². The van der Waals surface area contributed by atoms with Crippen molar-refractivity contribution in [2.24, 2.45) is 0 Å². The Balaban J connectivity index is 1.76. The Bertz CT molecular complexity index is 726. The van der Waals surface area contributed by atoms with Crippen LogP contribution in [-0.2, 0) is 4.79 Å². The summed E-state index contributed by atoms with van der Waals surface area (Å²) in [6, 6.07) is 6.97. The zero-order valence-electron chi connectivity index (χ0n) is 12.0. The van der Waals surface area contributed by atoms with E-state index in [1.54, 1.807) is 29.3 Å². The summed E-state index contributed by atoms with van der Waals surface area (Å²) in [4.78, 5) is 30.3. The van der Waals surface area contributed by atoms with Gasteiger partial charge in [0.1, 0.15) is 0 Å². The molecule has 0 spiro atoms. The second-order valence-corrected chi connectivity index (χ2v) is 5.74. The second-order valence-electron chi connectivity index (χ2n) is 5.30. The van der Waals surface area contributed by atoms with Crippen LogP contribution in [0.25, 0.3) is 10.9 Å². The summed E-state index contributed by atoms with van der Waals surface area (Å²) in [7, 11) is 0. The molecule has 2 aromatic rings. The van der Waals surface area contributed by atoms with Crippen molar-refractivity contribution in [3.63, 3.8) is 0 Å². The van der Waals surface area contributed by atoms with E-state index in [0.717, 1.165) is 31.3 Å². The first-order valence-corrected chi connectivity index (χ1v) is 7.63. The van der Waals surface area contributed by atoms with Gasteiger partial charge in [-0.1, -0.05) is 17.7 Å². The molecule has 114 valence electrons. The molecule has 0 radical (unpaired) electrons. The minimum absolute atomic E-state index is 0.000324. The van der Waals surface area contributed by atoms with Gasteiger partial charge in [0.05, 0.1) is 17.6 Å². The average Bonchev–Trinajstić information content (AvgIpc) is 3.06. The number of likely N-dealkylation sites (tertiary alicyclic amines) is 1. The third-order valence-electron chi connectivity index (χ3n) is 3.77. The number of carbonyl (C=O) groups excluding carboxylic acids is 2. The fourth-order valence-corrected chi connectivity index (χ4v) is 2.88. The van der Waals surface area contributed by atoms with E-state index in [9.17, 15) is 9.59 Å². The zero-order valence-corrected chi connectivity index (χ0v) is 12.8. The molecule has 0 bridgehead atoms. The van der Waals surface area contributed by atoms with Gasteiger partial charge in [-0.05, 0) is 31.0 Å². The summed E-state index contributed by atoms with van der Waals surface area (Å²) in [6.45, 7) is 1.55. The topological polar surface area (TPSA) is 62.3 Å². The monoisotopic (exact) mass is 317 g/mol. The van der Waals surface area contributed by atoms with Gasteiger partial charge in [-0.2, -0.15) is 0 Å². The number of amides is 2. The lowest BCUT2D eigenvalue weighted by Gasteiger charge is -2.15. The number of carbonyl (C=O) groups is 2. The predicted octanol–water partition coefficient (Wildman–Crippen LogP) is 2.24. The number of halogens is 1. The molecule has 22 heavy (non-hydrogen) atoms. The van der Waals surface area contributed by atoms with Gasteiger partial charge in [-0.3, -0.25) is 14.6 Å². The molecule has 1 aromatic heterocycles. The molecule has 0 saturated carbocycles. The summed E-state index contributed by atoms with van der Waals surface area (Å²) < 4.78 is 0. The van der Waals surface area contributed by atoms with Crippen LogP contribution in [0.1, 0.15) is 23.2 Å². The first kappa shape index (κ1) is 14.8. The molecule has 0 atom stereocenters. The molecular weight excluding hydrogens is 302 g/mol. The zero-order chi connectivity index (χ0) is 15.5. The van der Waals surface area contributed by atoms with E-state index < -0.39 is 0 Å².